The number of morpholine rings is 1. The summed E-state index contributed by atoms with van der Waals surface area (Å²) in [5.41, 5.74) is 2.03. The maximum absolute atomic E-state index is 12.1. The number of hydrogen-bond donors (Lipinski definition) is 2. The van der Waals surface area contributed by atoms with Gasteiger partial charge in [0.05, 0.1) is 30.7 Å². The predicted molar refractivity (Wildman–Crippen MR) is 96.7 cm³/mol. The molecule has 25 heavy (non-hydrogen) atoms. The molecule has 0 bridgehead atoms. The summed E-state index contributed by atoms with van der Waals surface area (Å²) in [7, 11) is 0. The number of pyridine rings is 2. The summed E-state index contributed by atoms with van der Waals surface area (Å²) in [5.74, 6) is 1.19. The molecule has 1 amide bonds. The predicted octanol–water partition coefficient (Wildman–Crippen LogP) is 2.37. The monoisotopic (exact) mass is 357 g/mol. The second kappa shape index (κ2) is 6.70. The fourth-order valence-corrected chi connectivity index (χ4v) is 2.94. The molecule has 7 nitrogen and oxygen atoms in total. The first-order valence-electron chi connectivity index (χ1n) is 7.94. The summed E-state index contributed by atoms with van der Waals surface area (Å²) in [4.78, 5) is 22.9. The van der Waals surface area contributed by atoms with Gasteiger partial charge in [-0.05, 0) is 24.3 Å². The molecule has 2 N–H and O–H groups in total. The summed E-state index contributed by atoms with van der Waals surface area (Å²) >= 11 is 5.85. The van der Waals surface area contributed by atoms with E-state index in [1.165, 1.54) is 0 Å². The van der Waals surface area contributed by atoms with Crippen molar-refractivity contribution in [3.05, 3.63) is 47.4 Å². The van der Waals surface area contributed by atoms with Crippen molar-refractivity contribution >= 4 is 40.4 Å². The van der Waals surface area contributed by atoms with E-state index in [1.807, 2.05) is 12.1 Å². The van der Waals surface area contributed by atoms with Gasteiger partial charge >= 0.3 is 0 Å². The topological polar surface area (TPSA) is 79.4 Å². The van der Waals surface area contributed by atoms with Gasteiger partial charge in [-0.15, -0.1) is 0 Å². The molecule has 2 aliphatic rings. The highest BCUT2D eigenvalue weighted by atomic mass is 35.5. The number of ether oxygens (including phenoxy) is 1. The Kier molecular flexibility index (Phi) is 4.25. The molecule has 4 rings (SSSR count). The van der Waals surface area contributed by atoms with Gasteiger partial charge in [0.2, 0.25) is 0 Å². The standard InChI is InChI=1S/C17H16ClN5O2/c18-14-3-2-12-13(17(24)22-16(12)21-14)10-19-11-1-4-15(20-9-11)23-5-7-25-8-6-23/h1-4,9-10,19H,5-8H2,(H,21,22,24)/b13-10-. The highest BCUT2D eigenvalue weighted by Gasteiger charge is 2.25. The van der Waals surface area contributed by atoms with Crippen LogP contribution in [0.1, 0.15) is 5.56 Å². The number of anilines is 3. The maximum Gasteiger partial charge on any atom is 0.259 e. The van der Waals surface area contributed by atoms with Crippen molar-refractivity contribution in [1.82, 2.24) is 9.97 Å². The molecule has 0 radical (unpaired) electrons. The highest BCUT2D eigenvalue weighted by Crippen LogP contribution is 2.31. The molecular formula is C17H16ClN5O2. The average molecular weight is 358 g/mol. The van der Waals surface area contributed by atoms with Crippen LogP contribution in [0.5, 0.6) is 0 Å². The smallest absolute Gasteiger partial charge is 0.259 e. The Morgan fingerprint density at radius 1 is 1.24 bits per heavy atom. The van der Waals surface area contributed by atoms with Gasteiger partial charge in [-0.3, -0.25) is 4.79 Å². The number of amides is 1. The summed E-state index contributed by atoms with van der Waals surface area (Å²) in [6, 6.07) is 7.32. The summed E-state index contributed by atoms with van der Waals surface area (Å²) in [5, 5.41) is 6.16. The third-order valence-corrected chi connectivity index (χ3v) is 4.30. The Morgan fingerprint density at radius 2 is 2.08 bits per heavy atom. The summed E-state index contributed by atoms with van der Waals surface area (Å²) in [6.45, 7) is 3.13. The molecule has 0 spiro atoms. The van der Waals surface area contributed by atoms with Gasteiger partial charge in [0.25, 0.3) is 5.91 Å². The van der Waals surface area contributed by atoms with Gasteiger partial charge in [-0.2, -0.15) is 0 Å². The summed E-state index contributed by atoms with van der Waals surface area (Å²) < 4.78 is 5.35. The average Bonchev–Trinajstić information content (AvgIpc) is 2.95. The van der Waals surface area contributed by atoms with E-state index in [1.54, 1.807) is 24.5 Å². The van der Waals surface area contributed by atoms with Gasteiger partial charge < -0.3 is 20.3 Å². The number of carbonyl (C=O) groups is 1. The van der Waals surface area contributed by atoms with Crippen LogP contribution in [-0.2, 0) is 9.53 Å². The van der Waals surface area contributed by atoms with E-state index in [-0.39, 0.29) is 5.91 Å². The normalized spacial score (nSPS) is 18.2. The number of hydrogen-bond acceptors (Lipinski definition) is 6. The van der Waals surface area contributed by atoms with Gasteiger partial charge in [0.1, 0.15) is 16.8 Å². The Labute approximate surface area is 149 Å². The molecule has 2 aliphatic heterocycles. The first-order valence-corrected chi connectivity index (χ1v) is 8.32. The van der Waals surface area contributed by atoms with E-state index in [2.05, 4.69) is 25.5 Å². The number of fused-ring (bicyclic) bond motifs is 1. The van der Waals surface area contributed by atoms with E-state index in [9.17, 15) is 4.79 Å². The maximum atomic E-state index is 12.1. The lowest BCUT2D eigenvalue weighted by Crippen LogP contribution is -2.36. The van der Waals surface area contributed by atoms with Crippen molar-refractivity contribution in [2.45, 2.75) is 0 Å². The minimum absolute atomic E-state index is 0.213. The van der Waals surface area contributed by atoms with Crippen LogP contribution in [0, 0.1) is 0 Å². The Bertz CT molecular complexity index is 831. The minimum atomic E-state index is -0.213. The van der Waals surface area contributed by atoms with Crippen molar-refractivity contribution in [1.29, 1.82) is 0 Å². The largest absolute Gasteiger partial charge is 0.378 e. The van der Waals surface area contributed by atoms with Crippen molar-refractivity contribution in [3.8, 4) is 0 Å². The number of carbonyl (C=O) groups excluding carboxylic acids is 1. The molecule has 0 saturated carbocycles. The fourth-order valence-electron chi connectivity index (χ4n) is 2.79. The van der Waals surface area contributed by atoms with Crippen molar-refractivity contribution in [3.63, 3.8) is 0 Å². The number of rotatable bonds is 3. The van der Waals surface area contributed by atoms with E-state index in [4.69, 9.17) is 16.3 Å². The van der Waals surface area contributed by atoms with Gasteiger partial charge in [-0.1, -0.05) is 11.6 Å². The molecule has 0 atom stereocenters. The zero-order valence-corrected chi connectivity index (χ0v) is 14.1. The molecule has 0 aromatic carbocycles. The van der Waals surface area contributed by atoms with Crippen LogP contribution in [0.15, 0.2) is 36.7 Å². The van der Waals surface area contributed by atoms with E-state index in [0.717, 1.165) is 43.4 Å². The lowest BCUT2D eigenvalue weighted by molar-refractivity contribution is -0.110. The first-order chi connectivity index (χ1) is 12.2. The number of nitrogens with one attached hydrogen (secondary N) is 2. The lowest BCUT2D eigenvalue weighted by Gasteiger charge is -2.27. The number of halogens is 1. The quantitative estimate of drug-likeness (QED) is 0.648. The van der Waals surface area contributed by atoms with Crippen LogP contribution < -0.4 is 15.5 Å². The Morgan fingerprint density at radius 3 is 2.84 bits per heavy atom. The number of nitrogens with zero attached hydrogens (tertiary/aromatic N) is 3. The van der Waals surface area contributed by atoms with Crippen LogP contribution in [0.2, 0.25) is 5.15 Å². The van der Waals surface area contributed by atoms with Crippen molar-refractivity contribution < 1.29 is 9.53 Å². The zero-order valence-electron chi connectivity index (χ0n) is 13.3. The van der Waals surface area contributed by atoms with Crippen molar-refractivity contribution in [2.75, 3.05) is 41.8 Å². The van der Waals surface area contributed by atoms with Gasteiger partial charge in [0, 0.05) is 24.9 Å². The molecule has 2 aromatic rings. The molecule has 0 unspecified atom stereocenters. The molecule has 2 aromatic heterocycles. The molecule has 4 heterocycles. The summed E-state index contributed by atoms with van der Waals surface area (Å²) in [6.07, 6.45) is 3.40. The first kappa shape index (κ1) is 15.9. The van der Waals surface area contributed by atoms with Crippen LogP contribution in [0.4, 0.5) is 17.3 Å². The molecule has 128 valence electrons. The van der Waals surface area contributed by atoms with E-state index < -0.39 is 0 Å². The van der Waals surface area contributed by atoms with Crippen LogP contribution >= 0.6 is 11.6 Å². The van der Waals surface area contributed by atoms with Crippen LogP contribution in [-0.4, -0.2) is 42.2 Å². The Balaban J connectivity index is 1.49. The van der Waals surface area contributed by atoms with E-state index >= 15 is 0 Å². The van der Waals surface area contributed by atoms with E-state index in [0.29, 0.717) is 16.5 Å². The van der Waals surface area contributed by atoms with Gasteiger partial charge in [0.15, 0.2) is 0 Å². The highest BCUT2D eigenvalue weighted by molar-refractivity contribution is 6.33. The van der Waals surface area contributed by atoms with Gasteiger partial charge in [-0.25, -0.2) is 9.97 Å². The molecule has 1 fully saturated rings. The lowest BCUT2D eigenvalue weighted by atomic mass is 10.1. The Hall–Kier alpha value is -2.64. The molecule has 0 aliphatic carbocycles. The number of aromatic nitrogens is 2. The third-order valence-electron chi connectivity index (χ3n) is 4.09. The van der Waals surface area contributed by atoms with Crippen LogP contribution in [0.3, 0.4) is 0 Å². The SMILES string of the molecule is O=C1Nc2nc(Cl)ccc2/C1=C/Nc1ccc(N2CCOCC2)nc1. The second-order valence-electron chi connectivity index (χ2n) is 5.69. The second-order valence-corrected chi connectivity index (χ2v) is 6.08. The third kappa shape index (κ3) is 3.29. The van der Waals surface area contributed by atoms with Crippen molar-refractivity contribution in [2.24, 2.45) is 0 Å². The molecule has 1 saturated heterocycles. The van der Waals surface area contributed by atoms with Crippen LogP contribution in [0.25, 0.3) is 5.57 Å². The minimum Gasteiger partial charge on any atom is -0.378 e. The molecular weight excluding hydrogens is 342 g/mol. The molecule has 8 heteroatoms. The zero-order chi connectivity index (χ0) is 17.2. The fraction of sp³-hybridized carbons (Fsp3) is 0.235.